The van der Waals surface area contributed by atoms with Gasteiger partial charge >= 0.3 is 0 Å². The fraction of sp³-hybridized carbons (Fsp3) is 0.0426. The lowest BCUT2D eigenvalue weighted by Crippen LogP contribution is -2.13. The number of aromatic nitrogens is 4. The Labute approximate surface area is 299 Å². The quantitative estimate of drug-likeness (QED) is 0.188. The summed E-state index contributed by atoms with van der Waals surface area (Å²) in [5.41, 5.74) is 9.15. The smallest absolute Gasteiger partial charge is 0.164 e. The minimum absolute atomic E-state index is 0.300. The van der Waals surface area contributed by atoms with E-state index >= 15 is 0 Å². The van der Waals surface area contributed by atoms with Gasteiger partial charge in [-0.3, -0.25) is 0 Å². The van der Waals surface area contributed by atoms with Crippen molar-refractivity contribution in [3.05, 3.63) is 175 Å². The highest BCUT2D eigenvalue weighted by Gasteiger charge is 2.30. The molecule has 5 heteroatoms. The Balaban J connectivity index is 1.09. The zero-order valence-electron chi connectivity index (χ0n) is 28.0. The van der Waals surface area contributed by atoms with Crippen LogP contribution in [0.1, 0.15) is 17.2 Å². The topological polar surface area (TPSA) is 56.7 Å². The van der Waals surface area contributed by atoms with Gasteiger partial charge in [0.1, 0.15) is 5.58 Å². The number of fused-ring (bicyclic) bond motifs is 9. The number of nitrogens with zero attached hydrogens (tertiary/aromatic N) is 4. The van der Waals surface area contributed by atoms with E-state index in [1.807, 2.05) is 30.3 Å². The first-order valence-corrected chi connectivity index (χ1v) is 17.7. The third kappa shape index (κ3) is 4.46. The van der Waals surface area contributed by atoms with Crippen LogP contribution in [0.5, 0.6) is 0 Å². The second-order valence-electron chi connectivity index (χ2n) is 13.6. The molecular weight excluding hydrogens is 637 g/mol. The zero-order valence-corrected chi connectivity index (χ0v) is 28.0. The minimum atomic E-state index is 0.300. The molecule has 0 aliphatic heterocycles. The molecule has 0 N–H and O–H groups in total. The Kier molecular flexibility index (Phi) is 6.31. The molecule has 11 rings (SSSR count). The highest BCUT2D eigenvalue weighted by atomic mass is 16.3. The summed E-state index contributed by atoms with van der Waals surface area (Å²) in [6, 6.07) is 46.3. The van der Waals surface area contributed by atoms with Crippen molar-refractivity contribution >= 4 is 49.7 Å². The molecule has 52 heavy (non-hydrogen) atoms. The maximum absolute atomic E-state index is 6.85. The van der Waals surface area contributed by atoms with Crippen LogP contribution in [0.4, 0.5) is 0 Å². The second kappa shape index (κ2) is 11.3. The predicted molar refractivity (Wildman–Crippen MR) is 211 cm³/mol. The Morgan fingerprint density at radius 2 is 1.23 bits per heavy atom. The SMILES string of the molecule is C1=CC2C=Cc3c(c4ccccc4n3-c3cccc4c3oc3cc(-c5nc(-c6ccccc6)nc(-c6ccc7ccccc7c6)n5)ccc34)C2C=C1. The molecule has 2 aliphatic rings. The first-order chi connectivity index (χ1) is 25.8. The molecule has 6 aromatic carbocycles. The molecule has 0 radical (unpaired) electrons. The monoisotopic (exact) mass is 666 g/mol. The molecule has 0 fully saturated rings. The van der Waals surface area contributed by atoms with E-state index in [9.17, 15) is 0 Å². The lowest BCUT2D eigenvalue weighted by molar-refractivity contribution is 0.664. The van der Waals surface area contributed by atoms with Gasteiger partial charge in [0.2, 0.25) is 0 Å². The van der Waals surface area contributed by atoms with Crippen LogP contribution in [0, 0.1) is 5.92 Å². The molecule has 3 aromatic heterocycles. The van der Waals surface area contributed by atoms with E-state index in [0.29, 0.717) is 29.3 Å². The van der Waals surface area contributed by atoms with Crippen LogP contribution in [-0.2, 0) is 0 Å². The van der Waals surface area contributed by atoms with Crippen LogP contribution in [0.2, 0.25) is 0 Å². The first kappa shape index (κ1) is 28.9. The lowest BCUT2D eigenvalue weighted by Gasteiger charge is -2.26. The van der Waals surface area contributed by atoms with Crippen molar-refractivity contribution in [1.82, 2.24) is 19.5 Å². The van der Waals surface area contributed by atoms with Gasteiger partial charge in [-0.2, -0.15) is 0 Å². The van der Waals surface area contributed by atoms with E-state index < -0.39 is 0 Å². The van der Waals surface area contributed by atoms with Crippen LogP contribution in [0.3, 0.4) is 0 Å². The number of para-hydroxylation sites is 2. The van der Waals surface area contributed by atoms with Crippen LogP contribution < -0.4 is 0 Å². The third-order valence-corrected chi connectivity index (χ3v) is 10.6. The molecule has 2 atom stereocenters. The summed E-state index contributed by atoms with van der Waals surface area (Å²) in [5, 5.41) is 5.71. The first-order valence-electron chi connectivity index (χ1n) is 17.7. The van der Waals surface area contributed by atoms with Crippen molar-refractivity contribution in [2.75, 3.05) is 0 Å². The largest absolute Gasteiger partial charge is 0.454 e. The number of furan rings is 1. The average molecular weight is 667 g/mol. The van der Waals surface area contributed by atoms with Crippen LogP contribution >= 0.6 is 0 Å². The van der Waals surface area contributed by atoms with E-state index in [1.165, 1.54) is 27.5 Å². The van der Waals surface area contributed by atoms with Gasteiger partial charge < -0.3 is 8.98 Å². The summed E-state index contributed by atoms with van der Waals surface area (Å²) in [7, 11) is 0. The maximum atomic E-state index is 6.85. The summed E-state index contributed by atoms with van der Waals surface area (Å²) in [4.78, 5) is 15.0. The molecular formula is C47H30N4O. The van der Waals surface area contributed by atoms with E-state index in [2.05, 4.69) is 144 Å². The zero-order chi connectivity index (χ0) is 34.2. The molecule has 0 spiro atoms. The fourth-order valence-corrected chi connectivity index (χ4v) is 8.14. The van der Waals surface area contributed by atoms with Crippen molar-refractivity contribution < 1.29 is 4.42 Å². The van der Waals surface area contributed by atoms with Gasteiger partial charge in [-0.15, -0.1) is 0 Å². The molecule has 0 bridgehead atoms. The van der Waals surface area contributed by atoms with Gasteiger partial charge in [-0.25, -0.2) is 15.0 Å². The standard InChI is InChI=1S/C47H30N4O/c1-2-13-31(14-3-1)45-48-46(33-22-21-29-11-4-5-15-32(29)27-33)50-47(49-45)34-23-25-36-37-18-10-20-41(44(37)52-42(36)28-34)51-39-19-9-8-17-38(39)43-35-16-7-6-12-30(35)24-26-40(43)51/h1-28,30,35H. The highest BCUT2D eigenvalue weighted by molar-refractivity contribution is 6.09. The molecule has 244 valence electrons. The number of benzene rings is 6. The molecule has 3 heterocycles. The summed E-state index contributed by atoms with van der Waals surface area (Å²) in [6.45, 7) is 0. The second-order valence-corrected chi connectivity index (χ2v) is 13.6. The van der Waals surface area contributed by atoms with E-state index in [0.717, 1.165) is 49.7 Å². The van der Waals surface area contributed by atoms with Crippen LogP contribution in [0.25, 0.3) is 89.5 Å². The van der Waals surface area contributed by atoms with Crippen molar-refractivity contribution in [3.63, 3.8) is 0 Å². The van der Waals surface area contributed by atoms with Gasteiger partial charge in [0.15, 0.2) is 23.1 Å². The van der Waals surface area contributed by atoms with E-state index in [-0.39, 0.29) is 0 Å². The van der Waals surface area contributed by atoms with Gasteiger partial charge in [0.25, 0.3) is 0 Å². The van der Waals surface area contributed by atoms with Crippen molar-refractivity contribution in [1.29, 1.82) is 0 Å². The Hall–Kier alpha value is -6.85. The minimum Gasteiger partial charge on any atom is -0.454 e. The number of rotatable bonds is 4. The van der Waals surface area contributed by atoms with Gasteiger partial charge in [0.05, 0.1) is 16.9 Å². The van der Waals surface area contributed by atoms with E-state index in [1.54, 1.807) is 0 Å². The number of allylic oxidation sites excluding steroid dienone is 5. The van der Waals surface area contributed by atoms with Crippen molar-refractivity contribution in [2.24, 2.45) is 5.92 Å². The van der Waals surface area contributed by atoms with Gasteiger partial charge in [0, 0.05) is 44.7 Å². The van der Waals surface area contributed by atoms with Crippen LogP contribution in [0.15, 0.2) is 168 Å². The summed E-state index contributed by atoms with van der Waals surface area (Å²) in [6.07, 6.45) is 13.6. The Bertz CT molecular complexity index is 2980. The molecule has 0 amide bonds. The van der Waals surface area contributed by atoms with Gasteiger partial charge in [-0.1, -0.05) is 134 Å². The molecule has 9 aromatic rings. The summed E-state index contributed by atoms with van der Waals surface area (Å²) in [5.74, 6) is 2.51. The van der Waals surface area contributed by atoms with E-state index in [4.69, 9.17) is 19.4 Å². The lowest BCUT2D eigenvalue weighted by atomic mass is 9.78. The summed E-state index contributed by atoms with van der Waals surface area (Å²) >= 11 is 0. The summed E-state index contributed by atoms with van der Waals surface area (Å²) < 4.78 is 9.23. The highest BCUT2D eigenvalue weighted by Crippen LogP contribution is 2.46. The van der Waals surface area contributed by atoms with Crippen molar-refractivity contribution in [3.8, 4) is 39.9 Å². The molecule has 0 saturated carbocycles. The Morgan fingerprint density at radius 3 is 2.12 bits per heavy atom. The molecule has 0 saturated heterocycles. The average Bonchev–Trinajstić information content (AvgIpc) is 3.76. The van der Waals surface area contributed by atoms with Crippen molar-refractivity contribution in [2.45, 2.75) is 5.92 Å². The number of hydrogen-bond acceptors (Lipinski definition) is 4. The van der Waals surface area contributed by atoms with Crippen LogP contribution in [-0.4, -0.2) is 19.5 Å². The number of hydrogen-bond donors (Lipinski definition) is 0. The molecule has 2 unspecified atom stereocenters. The normalized spacial score (nSPS) is 16.2. The Morgan fingerprint density at radius 1 is 0.519 bits per heavy atom. The molecule has 5 nitrogen and oxygen atoms in total. The predicted octanol–water partition coefficient (Wildman–Crippen LogP) is 11.7. The fourth-order valence-electron chi connectivity index (χ4n) is 8.14. The maximum Gasteiger partial charge on any atom is 0.164 e. The molecule has 2 aliphatic carbocycles. The van der Waals surface area contributed by atoms with Gasteiger partial charge in [-0.05, 0) is 52.7 Å². The third-order valence-electron chi connectivity index (χ3n) is 10.6.